The molecule has 0 radical (unpaired) electrons. The predicted octanol–water partition coefficient (Wildman–Crippen LogP) is 2.02. The van der Waals surface area contributed by atoms with Crippen LogP contribution in [0.15, 0.2) is 12.1 Å². The summed E-state index contributed by atoms with van der Waals surface area (Å²) >= 11 is 0. The lowest BCUT2D eigenvalue weighted by Gasteiger charge is -2.14. The highest BCUT2D eigenvalue weighted by Crippen LogP contribution is 2.35. The number of nitrogens with one attached hydrogen (secondary N) is 1. The molecule has 1 aliphatic carbocycles. The van der Waals surface area contributed by atoms with Crippen molar-refractivity contribution in [1.29, 1.82) is 0 Å². The monoisotopic (exact) mass is 177 g/mol. The average molecular weight is 177 g/mol. The van der Waals surface area contributed by atoms with Gasteiger partial charge in [-0.2, -0.15) is 0 Å². The highest BCUT2D eigenvalue weighted by Gasteiger charge is 2.27. The Morgan fingerprint density at radius 1 is 1.54 bits per heavy atom. The van der Waals surface area contributed by atoms with Gasteiger partial charge < -0.3 is 10.1 Å². The van der Waals surface area contributed by atoms with Crippen LogP contribution in [0.1, 0.15) is 35.6 Å². The van der Waals surface area contributed by atoms with Crippen molar-refractivity contribution in [3.8, 4) is 0 Å². The maximum atomic E-state index is 10.7. The molecular formula is C10H11NO2. The predicted molar refractivity (Wildman–Crippen MR) is 49.8 cm³/mol. The van der Waals surface area contributed by atoms with E-state index in [1.807, 2.05) is 6.08 Å². The minimum Gasteiger partial charge on any atom is -0.477 e. The molecule has 0 aromatic carbocycles. The van der Waals surface area contributed by atoms with Gasteiger partial charge in [-0.3, -0.25) is 0 Å². The molecule has 1 aromatic rings. The van der Waals surface area contributed by atoms with Crippen molar-refractivity contribution in [2.24, 2.45) is 0 Å². The first kappa shape index (κ1) is 8.10. The fourth-order valence-electron chi connectivity index (χ4n) is 1.63. The van der Waals surface area contributed by atoms with Crippen LogP contribution in [0.3, 0.4) is 0 Å². The summed E-state index contributed by atoms with van der Waals surface area (Å²) in [6.07, 6.45) is 4.00. The number of carbonyl (C=O) groups is 1. The lowest BCUT2D eigenvalue weighted by molar-refractivity contribution is 0.0691. The number of hydrogen-bond donors (Lipinski definition) is 2. The first-order chi connectivity index (χ1) is 6.00. The van der Waals surface area contributed by atoms with Crippen LogP contribution < -0.4 is 0 Å². The summed E-state index contributed by atoms with van der Waals surface area (Å²) in [7, 11) is 0. The van der Waals surface area contributed by atoms with Gasteiger partial charge in [-0.25, -0.2) is 4.79 Å². The number of H-pyrrole nitrogens is 1. The number of allylic oxidation sites excluding steroid dienone is 1. The van der Waals surface area contributed by atoms with Crippen LogP contribution >= 0.6 is 0 Å². The fourth-order valence-corrected chi connectivity index (χ4v) is 1.63. The van der Waals surface area contributed by atoms with E-state index in [2.05, 4.69) is 24.9 Å². The smallest absolute Gasteiger partial charge is 0.352 e. The van der Waals surface area contributed by atoms with E-state index < -0.39 is 5.97 Å². The van der Waals surface area contributed by atoms with Crippen molar-refractivity contribution < 1.29 is 9.90 Å². The van der Waals surface area contributed by atoms with Crippen LogP contribution in [0.2, 0.25) is 0 Å². The van der Waals surface area contributed by atoms with Gasteiger partial charge in [0.25, 0.3) is 0 Å². The third-order valence-electron chi connectivity index (χ3n) is 2.44. The fraction of sp³-hybridized carbons (Fsp3) is 0.300. The van der Waals surface area contributed by atoms with Crippen molar-refractivity contribution in [3.63, 3.8) is 0 Å². The molecule has 0 bridgehead atoms. The Kier molecular flexibility index (Phi) is 1.40. The quantitative estimate of drug-likeness (QED) is 0.689. The van der Waals surface area contributed by atoms with E-state index in [1.165, 1.54) is 0 Å². The summed E-state index contributed by atoms with van der Waals surface area (Å²) in [6, 6.07) is 1.71. The number of hydrogen-bond acceptors (Lipinski definition) is 1. The molecule has 13 heavy (non-hydrogen) atoms. The highest BCUT2D eigenvalue weighted by molar-refractivity contribution is 5.87. The first-order valence-electron chi connectivity index (χ1n) is 4.17. The molecule has 0 aliphatic heterocycles. The summed E-state index contributed by atoms with van der Waals surface area (Å²) in [6.45, 7) is 4.13. The molecule has 0 fully saturated rings. The van der Waals surface area contributed by atoms with Gasteiger partial charge in [-0.1, -0.05) is 19.9 Å². The molecule has 0 atom stereocenters. The van der Waals surface area contributed by atoms with E-state index in [9.17, 15) is 4.79 Å². The van der Waals surface area contributed by atoms with Crippen molar-refractivity contribution in [2.75, 3.05) is 0 Å². The number of rotatable bonds is 1. The van der Waals surface area contributed by atoms with E-state index in [0.717, 1.165) is 11.3 Å². The number of carboxylic acid groups (broad SMARTS) is 1. The Balaban J connectivity index is 2.54. The van der Waals surface area contributed by atoms with Crippen molar-refractivity contribution in [1.82, 2.24) is 4.98 Å². The molecule has 3 heteroatoms. The van der Waals surface area contributed by atoms with Gasteiger partial charge in [0.15, 0.2) is 0 Å². The number of aromatic amines is 1. The third-order valence-corrected chi connectivity index (χ3v) is 2.44. The van der Waals surface area contributed by atoms with E-state index in [0.29, 0.717) is 0 Å². The summed E-state index contributed by atoms with van der Waals surface area (Å²) in [5.41, 5.74) is 2.20. The van der Waals surface area contributed by atoms with E-state index in [4.69, 9.17) is 5.11 Å². The molecule has 1 heterocycles. The van der Waals surface area contributed by atoms with Crippen molar-refractivity contribution in [3.05, 3.63) is 29.1 Å². The number of carboxylic acids is 1. The molecule has 2 rings (SSSR count). The second-order valence-corrected chi connectivity index (χ2v) is 3.87. The second kappa shape index (κ2) is 2.25. The normalized spacial score (nSPS) is 17.4. The summed E-state index contributed by atoms with van der Waals surface area (Å²) in [5.74, 6) is -0.904. The van der Waals surface area contributed by atoms with Crippen LogP contribution in [0.4, 0.5) is 0 Å². The van der Waals surface area contributed by atoms with Crippen molar-refractivity contribution >= 4 is 12.0 Å². The summed E-state index contributed by atoms with van der Waals surface area (Å²) in [5, 5.41) is 8.76. The van der Waals surface area contributed by atoms with Crippen LogP contribution in [0.25, 0.3) is 6.08 Å². The molecule has 0 saturated heterocycles. The minimum absolute atomic E-state index is 0.0421. The zero-order chi connectivity index (χ0) is 9.64. The Morgan fingerprint density at radius 2 is 2.23 bits per heavy atom. The molecule has 0 unspecified atom stereocenters. The zero-order valence-corrected chi connectivity index (χ0v) is 7.59. The standard InChI is InChI=1S/C10H11NO2/c1-10(2)4-3-7-6(10)5-8(11-7)9(12)13/h3-5,11H,1-2H3,(H,12,13). The number of fused-ring (bicyclic) bond motifs is 1. The molecule has 0 amide bonds. The van der Waals surface area contributed by atoms with Gasteiger partial charge in [0, 0.05) is 11.1 Å². The third kappa shape index (κ3) is 1.08. The molecule has 0 saturated carbocycles. The largest absolute Gasteiger partial charge is 0.477 e. The Labute approximate surface area is 76.1 Å². The average Bonchev–Trinajstić information content (AvgIpc) is 2.53. The van der Waals surface area contributed by atoms with Gasteiger partial charge in [-0.15, -0.1) is 0 Å². The SMILES string of the molecule is CC1(C)C=Cc2[nH]c(C(=O)O)cc21. The molecule has 0 spiro atoms. The molecule has 3 nitrogen and oxygen atoms in total. The summed E-state index contributed by atoms with van der Waals surface area (Å²) in [4.78, 5) is 13.5. The molecule has 68 valence electrons. The number of aromatic carboxylic acids is 1. The maximum Gasteiger partial charge on any atom is 0.352 e. The van der Waals surface area contributed by atoms with Crippen LogP contribution in [0.5, 0.6) is 0 Å². The first-order valence-corrected chi connectivity index (χ1v) is 4.17. The van der Waals surface area contributed by atoms with E-state index in [1.54, 1.807) is 6.07 Å². The topological polar surface area (TPSA) is 53.1 Å². The van der Waals surface area contributed by atoms with Gasteiger partial charge in [0.05, 0.1) is 0 Å². The lowest BCUT2D eigenvalue weighted by atomic mass is 9.89. The van der Waals surface area contributed by atoms with Gasteiger partial charge in [-0.05, 0) is 17.7 Å². The molecular weight excluding hydrogens is 166 g/mol. The maximum absolute atomic E-state index is 10.7. The van der Waals surface area contributed by atoms with Crippen molar-refractivity contribution in [2.45, 2.75) is 19.3 Å². The Bertz CT molecular complexity index is 399. The van der Waals surface area contributed by atoms with Crippen LogP contribution in [-0.4, -0.2) is 16.1 Å². The van der Waals surface area contributed by atoms with Crippen LogP contribution in [-0.2, 0) is 5.41 Å². The van der Waals surface area contributed by atoms with Gasteiger partial charge >= 0.3 is 5.97 Å². The van der Waals surface area contributed by atoms with Crippen LogP contribution in [0, 0.1) is 0 Å². The van der Waals surface area contributed by atoms with E-state index in [-0.39, 0.29) is 11.1 Å². The number of aromatic nitrogens is 1. The molecule has 1 aliphatic rings. The molecule has 2 N–H and O–H groups in total. The lowest BCUT2D eigenvalue weighted by Crippen LogP contribution is -2.09. The van der Waals surface area contributed by atoms with E-state index >= 15 is 0 Å². The zero-order valence-electron chi connectivity index (χ0n) is 7.59. The van der Waals surface area contributed by atoms with Gasteiger partial charge in [0.1, 0.15) is 5.69 Å². The Morgan fingerprint density at radius 3 is 2.77 bits per heavy atom. The van der Waals surface area contributed by atoms with Gasteiger partial charge in [0.2, 0.25) is 0 Å². The Hall–Kier alpha value is -1.51. The molecule has 1 aromatic heterocycles. The second-order valence-electron chi connectivity index (χ2n) is 3.87. The highest BCUT2D eigenvalue weighted by atomic mass is 16.4. The summed E-state index contributed by atoms with van der Waals surface area (Å²) < 4.78 is 0. The minimum atomic E-state index is -0.904.